The third-order valence-electron chi connectivity index (χ3n) is 3.69. The molecule has 1 aromatic heterocycles. The van der Waals surface area contributed by atoms with E-state index in [0.717, 1.165) is 35.2 Å². The van der Waals surface area contributed by atoms with Gasteiger partial charge in [-0.1, -0.05) is 23.7 Å². The maximum Gasteiger partial charge on any atom is 0.123 e. The predicted molar refractivity (Wildman–Crippen MR) is 87.0 cm³/mol. The SMILES string of the molecule is C[C@@H]1C[NH+](Cc2csc(-c3ccc(Cl)cc3)n2)C[C@H](C)O1. The van der Waals surface area contributed by atoms with E-state index < -0.39 is 0 Å². The van der Waals surface area contributed by atoms with Crippen molar-refractivity contribution in [3.05, 3.63) is 40.4 Å². The molecular formula is C16H20ClN2OS+. The molecule has 112 valence electrons. The third-order valence-corrected chi connectivity index (χ3v) is 4.88. The Morgan fingerprint density at radius 2 is 1.90 bits per heavy atom. The Morgan fingerprint density at radius 1 is 1.24 bits per heavy atom. The molecule has 1 aromatic carbocycles. The van der Waals surface area contributed by atoms with Crippen molar-refractivity contribution in [2.45, 2.75) is 32.6 Å². The number of benzene rings is 1. The van der Waals surface area contributed by atoms with Crippen LogP contribution in [0.3, 0.4) is 0 Å². The van der Waals surface area contributed by atoms with Crippen molar-refractivity contribution < 1.29 is 9.64 Å². The summed E-state index contributed by atoms with van der Waals surface area (Å²) in [6, 6.07) is 7.87. The van der Waals surface area contributed by atoms with Crippen LogP contribution in [0.5, 0.6) is 0 Å². The van der Waals surface area contributed by atoms with E-state index in [1.54, 1.807) is 16.2 Å². The molecule has 0 saturated carbocycles. The normalized spacial score (nSPS) is 26.0. The Morgan fingerprint density at radius 3 is 2.57 bits per heavy atom. The zero-order chi connectivity index (χ0) is 14.8. The molecule has 0 amide bonds. The first kappa shape index (κ1) is 15.0. The molecule has 1 N–H and O–H groups in total. The molecule has 0 aliphatic carbocycles. The molecule has 1 aliphatic rings. The molecule has 0 bridgehead atoms. The fraction of sp³-hybridized carbons (Fsp3) is 0.438. The maximum absolute atomic E-state index is 5.93. The predicted octanol–water partition coefficient (Wildman–Crippen LogP) is 2.66. The van der Waals surface area contributed by atoms with Gasteiger partial charge in [-0.3, -0.25) is 0 Å². The summed E-state index contributed by atoms with van der Waals surface area (Å²) in [5, 5.41) is 3.99. The van der Waals surface area contributed by atoms with Crippen LogP contribution in [0.15, 0.2) is 29.6 Å². The summed E-state index contributed by atoms with van der Waals surface area (Å²) in [6.45, 7) is 7.38. The van der Waals surface area contributed by atoms with Gasteiger partial charge in [-0.2, -0.15) is 0 Å². The molecule has 0 spiro atoms. The highest BCUT2D eigenvalue weighted by Crippen LogP contribution is 2.24. The molecule has 2 aromatic rings. The van der Waals surface area contributed by atoms with E-state index in [9.17, 15) is 0 Å². The van der Waals surface area contributed by atoms with Crippen molar-refractivity contribution in [2.24, 2.45) is 0 Å². The van der Waals surface area contributed by atoms with Crippen molar-refractivity contribution in [1.29, 1.82) is 0 Å². The fourth-order valence-corrected chi connectivity index (χ4v) is 3.85. The van der Waals surface area contributed by atoms with Gasteiger partial charge in [0, 0.05) is 16.0 Å². The summed E-state index contributed by atoms with van der Waals surface area (Å²) in [4.78, 5) is 6.32. The minimum Gasteiger partial charge on any atom is -0.364 e. The second kappa shape index (κ2) is 6.44. The van der Waals surface area contributed by atoms with Crippen LogP contribution in [0.2, 0.25) is 5.02 Å². The summed E-state index contributed by atoms with van der Waals surface area (Å²) in [6.07, 6.45) is 0.663. The summed E-state index contributed by atoms with van der Waals surface area (Å²) in [5.41, 5.74) is 2.30. The number of nitrogens with zero attached hydrogens (tertiary/aromatic N) is 1. The van der Waals surface area contributed by atoms with Crippen LogP contribution < -0.4 is 4.90 Å². The van der Waals surface area contributed by atoms with Crippen LogP contribution in [0, 0.1) is 0 Å². The van der Waals surface area contributed by atoms with E-state index in [4.69, 9.17) is 21.3 Å². The lowest BCUT2D eigenvalue weighted by atomic mass is 10.2. The first-order valence-electron chi connectivity index (χ1n) is 7.29. The van der Waals surface area contributed by atoms with Crippen molar-refractivity contribution >= 4 is 22.9 Å². The van der Waals surface area contributed by atoms with Gasteiger partial charge in [-0.05, 0) is 26.0 Å². The van der Waals surface area contributed by atoms with Crippen LogP contribution in [0.1, 0.15) is 19.5 Å². The first-order chi connectivity index (χ1) is 10.1. The number of thiazole rings is 1. The van der Waals surface area contributed by atoms with E-state index in [2.05, 4.69) is 19.2 Å². The number of halogens is 1. The number of hydrogen-bond acceptors (Lipinski definition) is 3. The maximum atomic E-state index is 5.93. The molecule has 3 atom stereocenters. The Hall–Kier alpha value is -0.940. The van der Waals surface area contributed by atoms with E-state index in [1.807, 2.05) is 24.3 Å². The average molecular weight is 324 g/mol. The fourth-order valence-electron chi connectivity index (χ4n) is 2.90. The zero-order valence-electron chi connectivity index (χ0n) is 12.3. The number of rotatable bonds is 3. The highest BCUT2D eigenvalue weighted by molar-refractivity contribution is 7.13. The molecular weight excluding hydrogens is 304 g/mol. The van der Waals surface area contributed by atoms with Crippen molar-refractivity contribution in [3.8, 4) is 10.6 Å². The van der Waals surface area contributed by atoms with Crippen molar-refractivity contribution in [3.63, 3.8) is 0 Å². The lowest BCUT2D eigenvalue weighted by Gasteiger charge is -2.31. The number of ether oxygens (including phenoxy) is 1. The van der Waals surface area contributed by atoms with E-state index in [1.165, 1.54) is 5.69 Å². The van der Waals surface area contributed by atoms with Gasteiger partial charge in [0.1, 0.15) is 42.5 Å². The van der Waals surface area contributed by atoms with Gasteiger partial charge in [0.15, 0.2) is 0 Å². The highest BCUT2D eigenvalue weighted by Gasteiger charge is 2.26. The molecule has 5 heteroatoms. The Kier molecular flexibility index (Phi) is 4.60. The molecule has 1 unspecified atom stereocenters. The Bertz CT molecular complexity index is 589. The van der Waals surface area contributed by atoms with Gasteiger partial charge in [-0.15, -0.1) is 11.3 Å². The second-order valence-electron chi connectivity index (χ2n) is 5.74. The number of morpholine rings is 1. The standard InChI is InChI=1S/C16H19ClN2OS/c1-11-7-19(8-12(2)20-11)9-15-10-21-16(18-15)13-3-5-14(17)6-4-13/h3-6,10-12H,7-9H2,1-2H3/p+1/t11-,12+. The Labute approximate surface area is 134 Å². The third kappa shape index (κ3) is 3.83. The van der Waals surface area contributed by atoms with E-state index in [0.29, 0.717) is 12.2 Å². The van der Waals surface area contributed by atoms with E-state index >= 15 is 0 Å². The second-order valence-corrected chi connectivity index (χ2v) is 7.04. The average Bonchev–Trinajstić information content (AvgIpc) is 2.87. The molecule has 1 fully saturated rings. The van der Waals surface area contributed by atoms with Crippen molar-refractivity contribution in [1.82, 2.24) is 4.98 Å². The smallest absolute Gasteiger partial charge is 0.123 e. The van der Waals surface area contributed by atoms with Gasteiger partial charge < -0.3 is 9.64 Å². The largest absolute Gasteiger partial charge is 0.364 e. The molecule has 1 aliphatic heterocycles. The molecule has 21 heavy (non-hydrogen) atoms. The monoisotopic (exact) mass is 323 g/mol. The summed E-state index contributed by atoms with van der Waals surface area (Å²) in [5.74, 6) is 0. The lowest BCUT2D eigenvalue weighted by Crippen LogP contribution is -3.14. The van der Waals surface area contributed by atoms with Gasteiger partial charge in [-0.25, -0.2) is 4.98 Å². The van der Waals surface area contributed by atoms with Crippen LogP contribution in [-0.4, -0.2) is 30.3 Å². The summed E-state index contributed by atoms with van der Waals surface area (Å²) in [7, 11) is 0. The quantitative estimate of drug-likeness (QED) is 0.940. The molecule has 3 nitrogen and oxygen atoms in total. The van der Waals surface area contributed by atoms with Crippen LogP contribution >= 0.6 is 22.9 Å². The molecule has 2 heterocycles. The van der Waals surface area contributed by atoms with Gasteiger partial charge in [0.05, 0.1) is 0 Å². The topological polar surface area (TPSA) is 26.6 Å². The lowest BCUT2D eigenvalue weighted by molar-refractivity contribution is -0.928. The molecule has 3 rings (SSSR count). The molecule has 0 radical (unpaired) electrons. The van der Waals surface area contributed by atoms with Gasteiger partial charge >= 0.3 is 0 Å². The summed E-state index contributed by atoms with van der Waals surface area (Å²) < 4.78 is 5.79. The first-order valence-corrected chi connectivity index (χ1v) is 8.55. The summed E-state index contributed by atoms with van der Waals surface area (Å²) >= 11 is 7.63. The van der Waals surface area contributed by atoms with Crippen LogP contribution in [-0.2, 0) is 11.3 Å². The number of quaternary nitrogens is 1. The van der Waals surface area contributed by atoms with E-state index in [-0.39, 0.29) is 0 Å². The van der Waals surface area contributed by atoms with Crippen molar-refractivity contribution in [2.75, 3.05) is 13.1 Å². The Balaban J connectivity index is 1.69. The van der Waals surface area contributed by atoms with Crippen LogP contribution in [0.25, 0.3) is 10.6 Å². The van der Waals surface area contributed by atoms with Gasteiger partial charge in [0.2, 0.25) is 0 Å². The minimum absolute atomic E-state index is 0.332. The minimum atomic E-state index is 0.332. The van der Waals surface area contributed by atoms with Crippen LogP contribution in [0.4, 0.5) is 0 Å². The number of hydrogen-bond donors (Lipinski definition) is 1. The number of nitrogens with one attached hydrogen (secondary N) is 1. The number of aromatic nitrogens is 1. The molecule has 1 saturated heterocycles. The highest BCUT2D eigenvalue weighted by atomic mass is 35.5. The zero-order valence-corrected chi connectivity index (χ0v) is 13.9. The van der Waals surface area contributed by atoms with Gasteiger partial charge in [0.25, 0.3) is 0 Å².